The molecule has 1 aliphatic carbocycles. The van der Waals surface area contributed by atoms with Crippen LogP contribution < -0.4 is 0 Å². The van der Waals surface area contributed by atoms with Gasteiger partial charge in [-0.15, -0.1) is 11.6 Å². The summed E-state index contributed by atoms with van der Waals surface area (Å²) in [5, 5.41) is 0.349. The summed E-state index contributed by atoms with van der Waals surface area (Å²) >= 11 is 6.26. The first-order valence-electron chi connectivity index (χ1n) is 5.72. The fraction of sp³-hybridized carbons (Fsp3) is 0.750. The van der Waals surface area contributed by atoms with Crippen LogP contribution in [0.1, 0.15) is 43.6 Å². The lowest BCUT2D eigenvalue weighted by Crippen LogP contribution is -2.23. The minimum Gasteiger partial charge on any atom is -0.335 e. The predicted octanol–water partition coefficient (Wildman–Crippen LogP) is 3.24. The number of hydrogen-bond donors (Lipinski definition) is 0. The molecule has 2 nitrogen and oxygen atoms in total. The molecule has 15 heavy (non-hydrogen) atoms. The minimum atomic E-state index is 0.349. The zero-order valence-electron chi connectivity index (χ0n) is 9.70. The second kappa shape index (κ2) is 4.17. The van der Waals surface area contributed by atoms with Crippen molar-refractivity contribution in [2.24, 2.45) is 13.0 Å². The molecule has 0 bridgehead atoms. The van der Waals surface area contributed by atoms with E-state index in [1.165, 1.54) is 12.1 Å². The van der Waals surface area contributed by atoms with Gasteiger partial charge < -0.3 is 4.57 Å². The van der Waals surface area contributed by atoms with Crippen LogP contribution in [-0.2, 0) is 7.05 Å². The average molecular weight is 227 g/mol. The Labute approximate surface area is 96.7 Å². The molecule has 1 aliphatic rings. The second-order valence-electron chi connectivity index (χ2n) is 4.78. The summed E-state index contributed by atoms with van der Waals surface area (Å²) < 4.78 is 2.20. The van der Waals surface area contributed by atoms with Gasteiger partial charge in [0.2, 0.25) is 0 Å². The molecule has 0 saturated heterocycles. The average Bonchev–Trinajstić information content (AvgIpc) is 2.52. The Morgan fingerprint density at radius 2 is 2.20 bits per heavy atom. The van der Waals surface area contributed by atoms with Crippen molar-refractivity contribution >= 4 is 11.6 Å². The van der Waals surface area contributed by atoms with E-state index in [0.29, 0.717) is 11.3 Å². The van der Waals surface area contributed by atoms with Crippen molar-refractivity contribution in [2.45, 2.75) is 44.4 Å². The van der Waals surface area contributed by atoms with Gasteiger partial charge >= 0.3 is 0 Å². The third kappa shape index (κ3) is 2.05. The van der Waals surface area contributed by atoms with Gasteiger partial charge in [0.25, 0.3) is 0 Å². The maximum absolute atomic E-state index is 6.26. The zero-order chi connectivity index (χ0) is 11.0. The molecule has 1 aromatic rings. The molecule has 0 amide bonds. The Balaban J connectivity index is 2.25. The van der Waals surface area contributed by atoms with Gasteiger partial charge in [0.1, 0.15) is 5.82 Å². The monoisotopic (exact) mass is 226 g/mol. The maximum Gasteiger partial charge on any atom is 0.105 e. The number of aromatic nitrogens is 2. The van der Waals surface area contributed by atoms with Crippen LogP contribution in [0.15, 0.2) is 6.20 Å². The Kier molecular flexibility index (Phi) is 3.06. The molecule has 1 heterocycles. The van der Waals surface area contributed by atoms with Gasteiger partial charge in [0.05, 0.1) is 0 Å². The fourth-order valence-corrected chi connectivity index (χ4v) is 2.86. The maximum atomic E-state index is 6.26. The van der Waals surface area contributed by atoms with Crippen molar-refractivity contribution < 1.29 is 0 Å². The van der Waals surface area contributed by atoms with E-state index in [1.807, 2.05) is 6.20 Å². The van der Waals surface area contributed by atoms with Crippen molar-refractivity contribution in [3.05, 3.63) is 17.7 Å². The van der Waals surface area contributed by atoms with E-state index < -0.39 is 0 Å². The molecule has 2 rings (SSSR count). The molecule has 3 heteroatoms. The lowest BCUT2D eigenvalue weighted by Gasteiger charge is -2.31. The molecule has 0 N–H and O–H groups in total. The van der Waals surface area contributed by atoms with E-state index >= 15 is 0 Å². The van der Waals surface area contributed by atoms with Gasteiger partial charge in [-0.25, -0.2) is 4.98 Å². The first-order valence-corrected chi connectivity index (χ1v) is 6.15. The largest absolute Gasteiger partial charge is 0.335 e. The quantitative estimate of drug-likeness (QED) is 0.673. The molecule has 0 aliphatic heterocycles. The highest BCUT2D eigenvalue weighted by Gasteiger charge is 2.29. The van der Waals surface area contributed by atoms with Gasteiger partial charge in [0, 0.05) is 30.2 Å². The first-order chi connectivity index (χ1) is 7.09. The normalized spacial score (nSPS) is 31.9. The Bertz CT molecular complexity index is 345. The Morgan fingerprint density at radius 1 is 1.47 bits per heavy atom. The predicted molar refractivity (Wildman–Crippen MR) is 63.3 cm³/mol. The third-order valence-corrected chi connectivity index (χ3v) is 4.16. The summed E-state index contributed by atoms with van der Waals surface area (Å²) in [4.78, 5) is 4.37. The molecule has 1 fully saturated rings. The molecule has 0 aromatic carbocycles. The van der Waals surface area contributed by atoms with Crippen molar-refractivity contribution in [3.8, 4) is 0 Å². The molecule has 84 valence electrons. The lowest BCUT2D eigenvalue weighted by atomic mass is 9.78. The van der Waals surface area contributed by atoms with Crippen LogP contribution in [0.25, 0.3) is 0 Å². The summed E-state index contributed by atoms with van der Waals surface area (Å²) in [6.07, 6.45) is 5.52. The number of imidazole rings is 1. The molecular formula is C12H19ClN2. The summed E-state index contributed by atoms with van der Waals surface area (Å²) in [5.41, 5.74) is 1.35. The third-order valence-electron chi connectivity index (χ3n) is 3.77. The molecule has 3 atom stereocenters. The highest BCUT2D eigenvalue weighted by Crippen LogP contribution is 2.39. The standard InChI is InChI=1S/C12H19ClN2/c1-8-4-5-10(13)6-11(8)12-7-14-9(2)15(12)3/h7-8,10-11H,4-6H2,1-3H3. The fourth-order valence-electron chi connectivity index (χ4n) is 2.55. The number of rotatable bonds is 1. The summed E-state index contributed by atoms with van der Waals surface area (Å²) in [7, 11) is 2.10. The van der Waals surface area contributed by atoms with E-state index in [0.717, 1.165) is 24.6 Å². The number of hydrogen-bond acceptors (Lipinski definition) is 1. The van der Waals surface area contributed by atoms with Gasteiger partial charge in [0.15, 0.2) is 0 Å². The smallest absolute Gasteiger partial charge is 0.105 e. The van der Waals surface area contributed by atoms with E-state index in [9.17, 15) is 0 Å². The van der Waals surface area contributed by atoms with Crippen LogP contribution in [0.3, 0.4) is 0 Å². The summed E-state index contributed by atoms with van der Waals surface area (Å²) in [6.45, 7) is 4.38. The van der Waals surface area contributed by atoms with E-state index in [-0.39, 0.29) is 0 Å². The highest BCUT2D eigenvalue weighted by atomic mass is 35.5. The van der Waals surface area contributed by atoms with Gasteiger partial charge in [-0.3, -0.25) is 0 Å². The molecule has 0 radical (unpaired) electrons. The number of nitrogens with zero attached hydrogens (tertiary/aromatic N) is 2. The van der Waals surface area contributed by atoms with Crippen LogP contribution in [0.4, 0.5) is 0 Å². The van der Waals surface area contributed by atoms with Gasteiger partial charge in [-0.2, -0.15) is 0 Å². The Hall–Kier alpha value is -0.500. The summed E-state index contributed by atoms with van der Waals surface area (Å²) in [6, 6.07) is 0. The Morgan fingerprint density at radius 3 is 2.80 bits per heavy atom. The second-order valence-corrected chi connectivity index (χ2v) is 5.40. The zero-order valence-corrected chi connectivity index (χ0v) is 10.5. The van der Waals surface area contributed by atoms with Crippen LogP contribution in [0, 0.1) is 12.8 Å². The van der Waals surface area contributed by atoms with Crippen molar-refractivity contribution in [1.82, 2.24) is 9.55 Å². The van der Waals surface area contributed by atoms with E-state index in [1.54, 1.807) is 0 Å². The minimum absolute atomic E-state index is 0.349. The van der Waals surface area contributed by atoms with Crippen LogP contribution >= 0.6 is 11.6 Å². The van der Waals surface area contributed by atoms with Crippen LogP contribution in [0.5, 0.6) is 0 Å². The first kappa shape index (κ1) is 11.0. The van der Waals surface area contributed by atoms with Crippen LogP contribution in [0.2, 0.25) is 0 Å². The summed E-state index contributed by atoms with van der Waals surface area (Å²) in [5.74, 6) is 2.41. The van der Waals surface area contributed by atoms with Crippen molar-refractivity contribution in [3.63, 3.8) is 0 Å². The number of halogens is 1. The highest BCUT2D eigenvalue weighted by molar-refractivity contribution is 6.20. The van der Waals surface area contributed by atoms with Crippen molar-refractivity contribution in [1.29, 1.82) is 0 Å². The van der Waals surface area contributed by atoms with Crippen LogP contribution in [-0.4, -0.2) is 14.9 Å². The van der Waals surface area contributed by atoms with Crippen molar-refractivity contribution in [2.75, 3.05) is 0 Å². The number of alkyl halides is 1. The molecular weight excluding hydrogens is 208 g/mol. The molecule has 1 aromatic heterocycles. The molecule has 1 saturated carbocycles. The van der Waals surface area contributed by atoms with E-state index in [2.05, 4.69) is 30.4 Å². The van der Waals surface area contributed by atoms with Gasteiger partial charge in [-0.1, -0.05) is 6.92 Å². The number of aryl methyl sites for hydroxylation is 1. The SMILES string of the molecule is Cc1ncc(C2CC(Cl)CCC2C)n1C. The van der Waals surface area contributed by atoms with Gasteiger partial charge in [-0.05, 0) is 32.1 Å². The topological polar surface area (TPSA) is 17.8 Å². The molecule has 3 unspecified atom stereocenters. The van der Waals surface area contributed by atoms with E-state index in [4.69, 9.17) is 11.6 Å². The lowest BCUT2D eigenvalue weighted by molar-refractivity contribution is 0.324. The molecule has 0 spiro atoms.